The third-order valence-corrected chi connectivity index (χ3v) is 3.60. The topological polar surface area (TPSA) is 67.4 Å². The number of carbonyl (C=O) groups is 2. The highest BCUT2D eigenvalue weighted by atomic mass is 16.5. The predicted molar refractivity (Wildman–Crippen MR) is 104 cm³/mol. The number of ether oxygens (including phenoxy) is 1. The average Bonchev–Trinajstić information content (AvgIpc) is 2.59. The van der Waals surface area contributed by atoms with Gasteiger partial charge >= 0.3 is 0 Å². The molecule has 2 rings (SSSR count). The van der Waals surface area contributed by atoms with E-state index in [1.54, 1.807) is 24.3 Å². The first-order valence-corrected chi connectivity index (χ1v) is 8.71. The Kier molecular flexibility index (Phi) is 6.39. The molecular formula is C21H26N2O3. The molecule has 0 heterocycles. The molecule has 26 heavy (non-hydrogen) atoms. The molecule has 2 aromatic carbocycles. The highest BCUT2D eigenvalue weighted by Crippen LogP contribution is 2.14. The van der Waals surface area contributed by atoms with E-state index in [0.29, 0.717) is 17.0 Å². The predicted octanol–water partition coefficient (Wildman–Crippen LogP) is 3.79. The monoisotopic (exact) mass is 354 g/mol. The number of amides is 2. The maximum Gasteiger partial charge on any atom is 0.262 e. The smallest absolute Gasteiger partial charge is 0.262 e. The number of aryl methyl sites for hydroxylation is 1. The second-order valence-electron chi connectivity index (χ2n) is 7.12. The lowest BCUT2D eigenvalue weighted by Gasteiger charge is -2.20. The lowest BCUT2D eigenvalue weighted by Crippen LogP contribution is -2.40. The van der Waals surface area contributed by atoms with E-state index in [1.165, 1.54) is 0 Å². The van der Waals surface area contributed by atoms with E-state index >= 15 is 0 Å². The summed E-state index contributed by atoms with van der Waals surface area (Å²) in [5, 5.41) is 5.66. The Morgan fingerprint density at radius 1 is 1.04 bits per heavy atom. The highest BCUT2D eigenvalue weighted by molar-refractivity contribution is 5.96. The normalized spacial score (nSPS) is 10.9. The van der Waals surface area contributed by atoms with Gasteiger partial charge in [-0.05, 0) is 69.2 Å². The molecule has 0 spiro atoms. The van der Waals surface area contributed by atoms with Gasteiger partial charge in [0.1, 0.15) is 5.75 Å². The fourth-order valence-corrected chi connectivity index (χ4v) is 2.32. The molecule has 0 bridgehead atoms. The summed E-state index contributed by atoms with van der Waals surface area (Å²) in [6.45, 7) is 7.78. The van der Waals surface area contributed by atoms with Crippen LogP contribution in [0.1, 0.15) is 43.6 Å². The number of nitrogens with one attached hydrogen (secondary N) is 2. The van der Waals surface area contributed by atoms with Gasteiger partial charge in [0.25, 0.3) is 11.8 Å². The van der Waals surface area contributed by atoms with Crippen molar-refractivity contribution in [3.05, 3.63) is 59.7 Å². The summed E-state index contributed by atoms with van der Waals surface area (Å²) in [6.07, 6.45) is 0.915. The van der Waals surface area contributed by atoms with Gasteiger partial charge in [0.2, 0.25) is 0 Å². The molecule has 0 aliphatic heterocycles. The summed E-state index contributed by atoms with van der Waals surface area (Å²) in [5.41, 5.74) is 2.03. The zero-order valence-electron chi connectivity index (χ0n) is 15.8. The fourth-order valence-electron chi connectivity index (χ4n) is 2.32. The van der Waals surface area contributed by atoms with E-state index in [1.807, 2.05) is 45.0 Å². The van der Waals surface area contributed by atoms with Crippen LogP contribution in [0.3, 0.4) is 0 Å². The summed E-state index contributed by atoms with van der Waals surface area (Å²) < 4.78 is 5.52. The van der Waals surface area contributed by atoms with Crippen LogP contribution in [0.25, 0.3) is 0 Å². The van der Waals surface area contributed by atoms with E-state index in [-0.39, 0.29) is 24.0 Å². The van der Waals surface area contributed by atoms with Crippen LogP contribution in [-0.4, -0.2) is 24.0 Å². The fraction of sp³-hybridized carbons (Fsp3) is 0.333. The Morgan fingerprint density at radius 2 is 1.73 bits per heavy atom. The Bertz CT molecular complexity index is 762. The molecule has 0 fully saturated rings. The number of rotatable bonds is 6. The summed E-state index contributed by atoms with van der Waals surface area (Å²) >= 11 is 0. The molecule has 5 nitrogen and oxygen atoms in total. The third kappa shape index (κ3) is 6.24. The van der Waals surface area contributed by atoms with Crippen molar-refractivity contribution in [3.63, 3.8) is 0 Å². The number of carbonyl (C=O) groups excluding carboxylic acids is 2. The van der Waals surface area contributed by atoms with Crippen molar-refractivity contribution in [2.24, 2.45) is 0 Å². The number of benzene rings is 2. The number of hydrogen-bond acceptors (Lipinski definition) is 3. The SMILES string of the molecule is CCc1cccc(OCC(=O)Nc2ccc(C(=O)NC(C)(C)C)cc2)c1. The van der Waals surface area contributed by atoms with Crippen LogP contribution in [0.5, 0.6) is 5.75 Å². The summed E-state index contributed by atoms with van der Waals surface area (Å²) in [7, 11) is 0. The summed E-state index contributed by atoms with van der Waals surface area (Å²) in [4.78, 5) is 24.1. The Balaban J connectivity index is 1.88. The number of hydrogen-bond donors (Lipinski definition) is 2. The molecule has 0 aromatic heterocycles. The van der Waals surface area contributed by atoms with Crippen molar-refractivity contribution in [1.29, 1.82) is 0 Å². The van der Waals surface area contributed by atoms with Crippen molar-refractivity contribution < 1.29 is 14.3 Å². The lowest BCUT2D eigenvalue weighted by molar-refractivity contribution is -0.118. The number of anilines is 1. The Morgan fingerprint density at radius 3 is 2.35 bits per heavy atom. The largest absolute Gasteiger partial charge is 0.484 e. The van der Waals surface area contributed by atoms with E-state index in [2.05, 4.69) is 17.6 Å². The molecule has 2 aromatic rings. The first-order valence-electron chi connectivity index (χ1n) is 8.71. The van der Waals surface area contributed by atoms with Gasteiger partial charge in [0.15, 0.2) is 6.61 Å². The molecule has 138 valence electrons. The van der Waals surface area contributed by atoms with Gasteiger partial charge < -0.3 is 15.4 Å². The molecule has 0 saturated heterocycles. The van der Waals surface area contributed by atoms with Crippen LogP contribution in [-0.2, 0) is 11.2 Å². The van der Waals surface area contributed by atoms with E-state index in [0.717, 1.165) is 12.0 Å². The first-order chi connectivity index (χ1) is 12.3. The van der Waals surface area contributed by atoms with Crippen LogP contribution in [0.2, 0.25) is 0 Å². The molecule has 5 heteroatoms. The molecule has 0 saturated carbocycles. The third-order valence-electron chi connectivity index (χ3n) is 3.60. The van der Waals surface area contributed by atoms with Crippen LogP contribution in [0.4, 0.5) is 5.69 Å². The molecule has 2 amide bonds. The van der Waals surface area contributed by atoms with Crippen LogP contribution >= 0.6 is 0 Å². The minimum absolute atomic E-state index is 0.0700. The van der Waals surface area contributed by atoms with Gasteiger partial charge in [0, 0.05) is 16.8 Å². The Labute approximate surface area is 154 Å². The van der Waals surface area contributed by atoms with E-state index in [9.17, 15) is 9.59 Å². The van der Waals surface area contributed by atoms with E-state index < -0.39 is 0 Å². The van der Waals surface area contributed by atoms with Crippen LogP contribution < -0.4 is 15.4 Å². The van der Waals surface area contributed by atoms with Gasteiger partial charge in [-0.1, -0.05) is 19.1 Å². The standard InChI is InChI=1S/C21H26N2O3/c1-5-15-7-6-8-18(13-15)26-14-19(24)22-17-11-9-16(10-12-17)20(25)23-21(2,3)4/h6-13H,5,14H2,1-4H3,(H,22,24)(H,23,25). The molecule has 0 atom stereocenters. The van der Waals surface area contributed by atoms with Gasteiger partial charge in [-0.3, -0.25) is 9.59 Å². The zero-order chi connectivity index (χ0) is 19.2. The maximum absolute atomic E-state index is 12.1. The second kappa shape index (κ2) is 8.52. The van der Waals surface area contributed by atoms with Gasteiger partial charge in [-0.15, -0.1) is 0 Å². The van der Waals surface area contributed by atoms with Crippen LogP contribution in [0, 0.1) is 0 Å². The van der Waals surface area contributed by atoms with Crippen molar-refractivity contribution in [2.75, 3.05) is 11.9 Å². The molecular weight excluding hydrogens is 328 g/mol. The molecule has 0 aliphatic rings. The summed E-state index contributed by atoms with van der Waals surface area (Å²) in [6, 6.07) is 14.5. The van der Waals surface area contributed by atoms with E-state index in [4.69, 9.17) is 4.74 Å². The summed E-state index contributed by atoms with van der Waals surface area (Å²) in [5.74, 6) is 0.280. The maximum atomic E-state index is 12.1. The highest BCUT2D eigenvalue weighted by Gasteiger charge is 2.15. The minimum Gasteiger partial charge on any atom is -0.484 e. The molecule has 2 N–H and O–H groups in total. The Hall–Kier alpha value is -2.82. The van der Waals surface area contributed by atoms with Crippen molar-refractivity contribution >= 4 is 17.5 Å². The quantitative estimate of drug-likeness (QED) is 0.829. The molecule has 0 unspecified atom stereocenters. The average molecular weight is 354 g/mol. The molecule has 0 aliphatic carbocycles. The first kappa shape index (κ1) is 19.5. The van der Waals surface area contributed by atoms with Crippen LogP contribution in [0.15, 0.2) is 48.5 Å². The zero-order valence-corrected chi connectivity index (χ0v) is 15.8. The van der Waals surface area contributed by atoms with Gasteiger partial charge in [-0.2, -0.15) is 0 Å². The van der Waals surface area contributed by atoms with Gasteiger partial charge in [0.05, 0.1) is 0 Å². The van der Waals surface area contributed by atoms with Crippen molar-refractivity contribution in [3.8, 4) is 5.75 Å². The molecule has 0 radical (unpaired) electrons. The van der Waals surface area contributed by atoms with Crippen molar-refractivity contribution in [2.45, 2.75) is 39.7 Å². The van der Waals surface area contributed by atoms with Gasteiger partial charge in [-0.25, -0.2) is 0 Å². The van der Waals surface area contributed by atoms with Crippen molar-refractivity contribution in [1.82, 2.24) is 5.32 Å². The second-order valence-corrected chi connectivity index (χ2v) is 7.12. The lowest BCUT2D eigenvalue weighted by atomic mass is 10.1. The minimum atomic E-state index is -0.295.